The highest BCUT2D eigenvalue weighted by Gasteiger charge is 2.26. The summed E-state index contributed by atoms with van der Waals surface area (Å²) in [6, 6.07) is 0. The van der Waals surface area contributed by atoms with Gasteiger partial charge in [-0.25, -0.2) is 9.78 Å². The minimum absolute atomic E-state index is 0.150. The van der Waals surface area contributed by atoms with Crippen LogP contribution in [0.4, 0.5) is 0 Å². The Morgan fingerprint density at radius 1 is 0.967 bits per heavy atom. The molecule has 2 atom stereocenters. The second-order valence-electron chi connectivity index (χ2n) is 8.46. The van der Waals surface area contributed by atoms with Gasteiger partial charge in [-0.3, -0.25) is 23.7 Å². The maximum absolute atomic E-state index is 13.0. The fourth-order valence-electron chi connectivity index (χ4n) is 4.53. The molecule has 166 valence electrons. The summed E-state index contributed by atoms with van der Waals surface area (Å²) >= 11 is 0. The standard InChI is InChI=1S/C20H32N6O4/c1-14-11-25(12-15(2)30-14)13-16-21-18-17(19(27)23(4)20(28)22(18)3)26(16)6-5-24-7-9-29-10-8-24/h14-15H,5-13H2,1-4H3. The summed E-state index contributed by atoms with van der Waals surface area (Å²) in [4.78, 5) is 34.9. The van der Waals surface area contributed by atoms with Gasteiger partial charge in [-0.2, -0.15) is 0 Å². The zero-order chi connectivity index (χ0) is 21.4. The molecular formula is C20H32N6O4. The molecule has 0 saturated carbocycles. The fraction of sp³-hybridized carbons (Fsp3) is 0.750. The molecule has 2 aliphatic rings. The topological polar surface area (TPSA) is 86.8 Å². The molecule has 2 aromatic heterocycles. The van der Waals surface area contributed by atoms with Crippen molar-refractivity contribution in [1.82, 2.24) is 28.5 Å². The summed E-state index contributed by atoms with van der Waals surface area (Å²) in [5.41, 5.74) is 0.301. The van der Waals surface area contributed by atoms with E-state index in [0.717, 1.165) is 56.3 Å². The van der Waals surface area contributed by atoms with Crippen molar-refractivity contribution in [3.8, 4) is 0 Å². The summed E-state index contributed by atoms with van der Waals surface area (Å²) < 4.78 is 15.9. The third-order valence-electron chi connectivity index (χ3n) is 6.03. The highest BCUT2D eigenvalue weighted by atomic mass is 16.5. The van der Waals surface area contributed by atoms with Crippen LogP contribution in [0.1, 0.15) is 19.7 Å². The molecule has 0 bridgehead atoms. The predicted molar refractivity (Wildman–Crippen MR) is 113 cm³/mol. The van der Waals surface area contributed by atoms with E-state index in [1.807, 2.05) is 4.57 Å². The van der Waals surface area contributed by atoms with Gasteiger partial charge in [0, 0.05) is 53.4 Å². The van der Waals surface area contributed by atoms with Crippen molar-refractivity contribution in [1.29, 1.82) is 0 Å². The van der Waals surface area contributed by atoms with Crippen LogP contribution in [0.25, 0.3) is 11.2 Å². The van der Waals surface area contributed by atoms with Crippen molar-refractivity contribution >= 4 is 11.2 Å². The lowest BCUT2D eigenvalue weighted by atomic mass is 10.2. The summed E-state index contributed by atoms with van der Waals surface area (Å²) in [6.07, 6.45) is 0.300. The molecule has 10 nitrogen and oxygen atoms in total. The van der Waals surface area contributed by atoms with E-state index in [2.05, 4.69) is 23.6 Å². The number of morpholine rings is 2. The maximum Gasteiger partial charge on any atom is 0.332 e. The number of rotatable bonds is 5. The average molecular weight is 421 g/mol. The van der Waals surface area contributed by atoms with Gasteiger partial charge >= 0.3 is 5.69 Å². The van der Waals surface area contributed by atoms with Gasteiger partial charge in [-0.15, -0.1) is 0 Å². The first-order valence-electron chi connectivity index (χ1n) is 10.7. The Hall–Kier alpha value is -2.01. The molecule has 0 radical (unpaired) electrons. The highest BCUT2D eigenvalue weighted by Crippen LogP contribution is 2.17. The average Bonchev–Trinajstić information content (AvgIpc) is 3.07. The number of aryl methyl sites for hydroxylation is 1. The van der Waals surface area contributed by atoms with E-state index in [9.17, 15) is 9.59 Å². The van der Waals surface area contributed by atoms with Gasteiger partial charge in [0.25, 0.3) is 5.56 Å². The van der Waals surface area contributed by atoms with Crippen LogP contribution in [0.2, 0.25) is 0 Å². The monoisotopic (exact) mass is 420 g/mol. The molecule has 2 fully saturated rings. The minimum atomic E-state index is -0.356. The van der Waals surface area contributed by atoms with Gasteiger partial charge in [0.2, 0.25) is 0 Å². The second-order valence-corrected chi connectivity index (χ2v) is 8.46. The van der Waals surface area contributed by atoms with E-state index in [0.29, 0.717) is 24.3 Å². The van der Waals surface area contributed by atoms with Crippen molar-refractivity contribution in [3.63, 3.8) is 0 Å². The smallest absolute Gasteiger partial charge is 0.332 e. The van der Waals surface area contributed by atoms with Crippen LogP contribution in [0.15, 0.2) is 9.59 Å². The third-order valence-corrected chi connectivity index (χ3v) is 6.03. The number of imidazole rings is 1. The van der Waals surface area contributed by atoms with E-state index in [1.54, 1.807) is 7.05 Å². The zero-order valence-electron chi connectivity index (χ0n) is 18.3. The van der Waals surface area contributed by atoms with Gasteiger partial charge in [-0.05, 0) is 13.8 Å². The van der Waals surface area contributed by atoms with Gasteiger partial charge in [0.15, 0.2) is 11.2 Å². The lowest BCUT2D eigenvalue weighted by Gasteiger charge is -2.35. The van der Waals surface area contributed by atoms with Gasteiger partial charge in [0.05, 0.1) is 32.0 Å². The molecule has 0 aromatic carbocycles. The van der Waals surface area contributed by atoms with Crippen molar-refractivity contribution in [2.75, 3.05) is 45.9 Å². The number of nitrogens with zero attached hydrogens (tertiary/aromatic N) is 6. The van der Waals surface area contributed by atoms with Crippen LogP contribution in [0.5, 0.6) is 0 Å². The third kappa shape index (κ3) is 4.09. The Balaban J connectivity index is 1.71. The summed E-state index contributed by atoms with van der Waals surface area (Å²) in [5, 5.41) is 0. The van der Waals surface area contributed by atoms with Crippen LogP contribution in [0, 0.1) is 0 Å². The van der Waals surface area contributed by atoms with Crippen molar-refractivity contribution in [2.45, 2.75) is 39.1 Å². The molecule has 4 rings (SSSR count). The molecule has 0 amide bonds. The quantitative estimate of drug-likeness (QED) is 0.637. The Labute approximate surface area is 175 Å². The van der Waals surface area contributed by atoms with E-state index in [1.165, 1.54) is 11.6 Å². The molecule has 2 saturated heterocycles. The molecule has 2 aromatic rings. The highest BCUT2D eigenvalue weighted by molar-refractivity contribution is 5.71. The summed E-state index contributed by atoms with van der Waals surface area (Å²) in [6.45, 7) is 11.1. The summed E-state index contributed by atoms with van der Waals surface area (Å²) in [5.74, 6) is 0.817. The van der Waals surface area contributed by atoms with Crippen molar-refractivity contribution in [2.24, 2.45) is 14.1 Å². The van der Waals surface area contributed by atoms with Gasteiger partial charge in [-0.1, -0.05) is 0 Å². The number of hydrogen-bond donors (Lipinski definition) is 0. The van der Waals surface area contributed by atoms with Crippen LogP contribution < -0.4 is 11.2 Å². The lowest BCUT2D eigenvalue weighted by Crippen LogP contribution is -2.45. The van der Waals surface area contributed by atoms with Crippen molar-refractivity contribution in [3.05, 3.63) is 26.7 Å². The molecule has 2 aliphatic heterocycles. The molecule has 30 heavy (non-hydrogen) atoms. The molecule has 0 spiro atoms. The van der Waals surface area contributed by atoms with E-state index in [4.69, 9.17) is 14.5 Å². The molecule has 0 N–H and O–H groups in total. The number of aromatic nitrogens is 4. The predicted octanol–water partition coefficient (Wildman–Crippen LogP) is -0.625. The van der Waals surface area contributed by atoms with Crippen LogP contribution in [-0.4, -0.2) is 86.6 Å². The van der Waals surface area contributed by atoms with Gasteiger partial charge in [0.1, 0.15) is 5.82 Å². The summed E-state index contributed by atoms with van der Waals surface area (Å²) in [7, 11) is 3.19. The van der Waals surface area contributed by atoms with Crippen LogP contribution in [-0.2, 0) is 36.7 Å². The first kappa shape index (κ1) is 21.2. The zero-order valence-corrected chi connectivity index (χ0v) is 18.3. The first-order valence-corrected chi connectivity index (χ1v) is 10.7. The van der Waals surface area contributed by atoms with E-state index in [-0.39, 0.29) is 23.5 Å². The molecule has 2 unspecified atom stereocenters. The Morgan fingerprint density at radius 2 is 1.63 bits per heavy atom. The molecular weight excluding hydrogens is 388 g/mol. The fourth-order valence-corrected chi connectivity index (χ4v) is 4.53. The largest absolute Gasteiger partial charge is 0.379 e. The van der Waals surface area contributed by atoms with Crippen molar-refractivity contribution < 1.29 is 9.47 Å². The normalized spacial score (nSPS) is 24.0. The first-order chi connectivity index (χ1) is 14.3. The molecule has 4 heterocycles. The minimum Gasteiger partial charge on any atom is -0.379 e. The molecule has 10 heteroatoms. The Kier molecular flexibility index (Phi) is 6.10. The van der Waals surface area contributed by atoms with Gasteiger partial charge < -0.3 is 14.0 Å². The maximum atomic E-state index is 13.0. The number of fused-ring (bicyclic) bond motifs is 1. The van der Waals surface area contributed by atoms with Crippen LogP contribution in [0.3, 0.4) is 0 Å². The number of hydrogen-bond acceptors (Lipinski definition) is 7. The Morgan fingerprint density at radius 3 is 2.30 bits per heavy atom. The second kappa shape index (κ2) is 8.62. The Bertz CT molecular complexity index is 1010. The molecule has 0 aliphatic carbocycles. The number of ether oxygens (including phenoxy) is 2. The van der Waals surface area contributed by atoms with Crippen LogP contribution >= 0.6 is 0 Å². The van der Waals surface area contributed by atoms with E-state index >= 15 is 0 Å². The lowest BCUT2D eigenvalue weighted by molar-refractivity contribution is -0.0712. The van der Waals surface area contributed by atoms with E-state index < -0.39 is 0 Å². The SMILES string of the molecule is CC1CN(Cc2nc3c(c(=O)n(C)c(=O)n3C)n2CCN2CCOCC2)CC(C)O1.